The van der Waals surface area contributed by atoms with Crippen LogP contribution in [-0.4, -0.2) is 42.5 Å². The topological polar surface area (TPSA) is 58.6 Å². The molecule has 1 fully saturated rings. The van der Waals surface area contributed by atoms with Crippen LogP contribution < -0.4 is 10.1 Å². The molecular formula is C22H25FN2O3. The molecule has 2 amide bonds. The average molecular weight is 384 g/mol. The van der Waals surface area contributed by atoms with Crippen molar-refractivity contribution in [2.75, 3.05) is 19.7 Å². The van der Waals surface area contributed by atoms with Crippen LogP contribution in [0.1, 0.15) is 35.2 Å². The summed E-state index contributed by atoms with van der Waals surface area (Å²) >= 11 is 0. The SMILES string of the molecule is Cc1ccccc1OCCC(=O)NC1CCN(C(=O)c2ccccc2F)CC1. The highest BCUT2D eigenvalue weighted by Gasteiger charge is 2.25. The van der Waals surface area contributed by atoms with E-state index >= 15 is 0 Å². The Bertz CT molecular complexity index is 832. The first kappa shape index (κ1) is 19.9. The van der Waals surface area contributed by atoms with E-state index in [2.05, 4.69) is 5.32 Å². The lowest BCUT2D eigenvalue weighted by atomic mass is 10.0. The van der Waals surface area contributed by atoms with Gasteiger partial charge in [0, 0.05) is 19.1 Å². The Morgan fingerprint density at radius 2 is 1.79 bits per heavy atom. The predicted octanol–water partition coefficient (Wildman–Crippen LogP) is 3.32. The van der Waals surface area contributed by atoms with Gasteiger partial charge in [0.05, 0.1) is 18.6 Å². The van der Waals surface area contributed by atoms with Gasteiger partial charge in [-0.25, -0.2) is 4.39 Å². The lowest BCUT2D eigenvalue weighted by Gasteiger charge is -2.32. The zero-order valence-electron chi connectivity index (χ0n) is 16.0. The van der Waals surface area contributed by atoms with Gasteiger partial charge in [-0.3, -0.25) is 9.59 Å². The smallest absolute Gasteiger partial charge is 0.256 e. The largest absolute Gasteiger partial charge is 0.493 e. The maximum absolute atomic E-state index is 13.8. The van der Waals surface area contributed by atoms with Crippen molar-refractivity contribution in [1.82, 2.24) is 10.2 Å². The van der Waals surface area contributed by atoms with Crippen LogP contribution in [0.25, 0.3) is 0 Å². The summed E-state index contributed by atoms with van der Waals surface area (Å²) in [6.07, 6.45) is 1.60. The number of aryl methyl sites for hydroxylation is 1. The third kappa shape index (κ3) is 5.09. The molecule has 1 N–H and O–H groups in total. The van der Waals surface area contributed by atoms with Gasteiger partial charge < -0.3 is 15.0 Å². The first-order valence-corrected chi connectivity index (χ1v) is 9.56. The molecule has 0 radical (unpaired) electrons. The van der Waals surface area contributed by atoms with Gasteiger partial charge in [0.1, 0.15) is 11.6 Å². The molecule has 2 aromatic carbocycles. The maximum atomic E-state index is 13.8. The summed E-state index contributed by atoms with van der Waals surface area (Å²) < 4.78 is 19.4. The Hall–Kier alpha value is -2.89. The van der Waals surface area contributed by atoms with E-state index in [-0.39, 0.29) is 29.8 Å². The van der Waals surface area contributed by atoms with Crippen LogP contribution in [0, 0.1) is 12.7 Å². The monoisotopic (exact) mass is 384 g/mol. The van der Waals surface area contributed by atoms with E-state index in [1.807, 2.05) is 31.2 Å². The molecule has 5 nitrogen and oxygen atoms in total. The van der Waals surface area contributed by atoms with Gasteiger partial charge in [0.25, 0.3) is 5.91 Å². The van der Waals surface area contributed by atoms with E-state index in [0.717, 1.165) is 11.3 Å². The summed E-state index contributed by atoms with van der Waals surface area (Å²) in [5, 5.41) is 3.00. The summed E-state index contributed by atoms with van der Waals surface area (Å²) in [5.41, 5.74) is 1.13. The molecule has 0 atom stereocenters. The van der Waals surface area contributed by atoms with Crippen molar-refractivity contribution >= 4 is 11.8 Å². The number of amides is 2. The van der Waals surface area contributed by atoms with Crippen LogP contribution >= 0.6 is 0 Å². The summed E-state index contributed by atoms with van der Waals surface area (Å²) in [4.78, 5) is 26.2. The molecule has 1 aliphatic rings. The van der Waals surface area contributed by atoms with E-state index in [1.54, 1.807) is 17.0 Å². The molecule has 148 valence electrons. The first-order chi connectivity index (χ1) is 13.5. The van der Waals surface area contributed by atoms with Crippen LogP contribution in [0.4, 0.5) is 4.39 Å². The van der Waals surface area contributed by atoms with Gasteiger partial charge in [-0.1, -0.05) is 30.3 Å². The number of hydrogen-bond acceptors (Lipinski definition) is 3. The molecular weight excluding hydrogens is 359 g/mol. The quantitative estimate of drug-likeness (QED) is 0.831. The molecule has 1 saturated heterocycles. The number of para-hydroxylation sites is 1. The molecule has 28 heavy (non-hydrogen) atoms. The first-order valence-electron chi connectivity index (χ1n) is 9.56. The Morgan fingerprint density at radius 1 is 1.11 bits per heavy atom. The summed E-state index contributed by atoms with van der Waals surface area (Å²) in [7, 11) is 0. The number of carbonyl (C=O) groups is 2. The fourth-order valence-corrected chi connectivity index (χ4v) is 3.30. The second-order valence-electron chi connectivity index (χ2n) is 6.98. The molecule has 0 aromatic heterocycles. The average Bonchev–Trinajstić information content (AvgIpc) is 2.70. The number of nitrogens with zero attached hydrogens (tertiary/aromatic N) is 1. The normalized spacial score (nSPS) is 14.6. The van der Waals surface area contributed by atoms with Crippen LogP contribution in [0.15, 0.2) is 48.5 Å². The molecule has 2 aromatic rings. The fraction of sp³-hybridized carbons (Fsp3) is 0.364. The highest BCUT2D eigenvalue weighted by molar-refractivity contribution is 5.94. The van der Waals surface area contributed by atoms with Crippen molar-refractivity contribution in [2.45, 2.75) is 32.2 Å². The van der Waals surface area contributed by atoms with Crippen LogP contribution in [0.3, 0.4) is 0 Å². The number of likely N-dealkylation sites (tertiary alicyclic amines) is 1. The molecule has 1 aliphatic heterocycles. The van der Waals surface area contributed by atoms with Gasteiger partial charge in [0.2, 0.25) is 5.91 Å². The Balaban J connectivity index is 1.40. The van der Waals surface area contributed by atoms with Crippen LogP contribution in [0.2, 0.25) is 0 Å². The molecule has 3 rings (SSSR count). The van der Waals surface area contributed by atoms with Crippen molar-refractivity contribution < 1.29 is 18.7 Å². The van der Waals surface area contributed by atoms with Gasteiger partial charge in [-0.2, -0.15) is 0 Å². The van der Waals surface area contributed by atoms with Crippen molar-refractivity contribution in [3.8, 4) is 5.75 Å². The number of halogens is 1. The van der Waals surface area contributed by atoms with E-state index in [9.17, 15) is 14.0 Å². The Kier molecular flexibility index (Phi) is 6.63. The van der Waals surface area contributed by atoms with Gasteiger partial charge in [-0.15, -0.1) is 0 Å². The van der Waals surface area contributed by atoms with Crippen molar-refractivity contribution in [3.05, 3.63) is 65.5 Å². The predicted molar refractivity (Wildman–Crippen MR) is 105 cm³/mol. The van der Waals surface area contributed by atoms with Crippen LogP contribution in [0.5, 0.6) is 5.75 Å². The molecule has 0 spiro atoms. The number of carbonyl (C=O) groups excluding carboxylic acids is 2. The number of hydrogen-bond donors (Lipinski definition) is 1. The molecule has 0 unspecified atom stereocenters. The zero-order chi connectivity index (χ0) is 19.9. The summed E-state index contributed by atoms with van der Waals surface area (Å²) in [5.74, 6) is -0.0752. The molecule has 0 aliphatic carbocycles. The molecule has 1 heterocycles. The third-order valence-corrected chi connectivity index (χ3v) is 4.93. The van der Waals surface area contributed by atoms with Crippen molar-refractivity contribution in [1.29, 1.82) is 0 Å². The van der Waals surface area contributed by atoms with E-state index in [4.69, 9.17) is 4.74 Å². The van der Waals surface area contributed by atoms with Crippen molar-refractivity contribution in [2.24, 2.45) is 0 Å². The fourth-order valence-electron chi connectivity index (χ4n) is 3.30. The number of benzene rings is 2. The van der Waals surface area contributed by atoms with E-state index < -0.39 is 5.82 Å². The van der Waals surface area contributed by atoms with E-state index in [1.165, 1.54) is 12.1 Å². The minimum Gasteiger partial charge on any atom is -0.493 e. The summed E-state index contributed by atoms with van der Waals surface area (Å²) in [6.45, 7) is 3.28. The second-order valence-corrected chi connectivity index (χ2v) is 6.98. The molecule has 0 saturated carbocycles. The Labute approximate surface area is 164 Å². The zero-order valence-corrected chi connectivity index (χ0v) is 16.0. The van der Waals surface area contributed by atoms with E-state index in [0.29, 0.717) is 32.5 Å². The van der Waals surface area contributed by atoms with Gasteiger partial charge in [-0.05, 0) is 43.5 Å². The minimum atomic E-state index is -0.503. The highest BCUT2D eigenvalue weighted by Crippen LogP contribution is 2.17. The molecule has 6 heteroatoms. The van der Waals surface area contributed by atoms with Gasteiger partial charge >= 0.3 is 0 Å². The number of ether oxygens (including phenoxy) is 1. The number of nitrogens with one attached hydrogen (secondary N) is 1. The van der Waals surface area contributed by atoms with Crippen molar-refractivity contribution in [3.63, 3.8) is 0 Å². The lowest BCUT2D eigenvalue weighted by molar-refractivity contribution is -0.122. The van der Waals surface area contributed by atoms with Gasteiger partial charge in [0.15, 0.2) is 0 Å². The van der Waals surface area contributed by atoms with Crippen LogP contribution in [-0.2, 0) is 4.79 Å². The third-order valence-electron chi connectivity index (χ3n) is 4.93. The standard InChI is InChI=1S/C22H25FN2O3/c1-16-6-2-5-9-20(16)28-15-12-21(26)24-17-10-13-25(14-11-17)22(27)18-7-3-4-8-19(18)23/h2-9,17H,10-15H2,1H3,(H,24,26). The number of rotatable bonds is 6. The maximum Gasteiger partial charge on any atom is 0.256 e. The summed E-state index contributed by atoms with van der Waals surface area (Å²) in [6, 6.07) is 13.7. The minimum absolute atomic E-state index is 0.0237. The number of piperidine rings is 1. The highest BCUT2D eigenvalue weighted by atomic mass is 19.1. The lowest BCUT2D eigenvalue weighted by Crippen LogP contribution is -2.46. The molecule has 0 bridgehead atoms. The second kappa shape index (κ2) is 9.35. The Morgan fingerprint density at radius 3 is 2.50 bits per heavy atom.